The van der Waals surface area contributed by atoms with Crippen LogP contribution in [0.5, 0.6) is 0 Å². The summed E-state index contributed by atoms with van der Waals surface area (Å²) in [6.45, 7) is 2.34. The Bertz CT molecular complexity index is 420. The monoisotopic (exact) mass is 313 g/mol. The molecule has 0 aliphatic carbocycles. The number of carbonyl (C=O) groups is 1. The van der Waals surface area contributed by atoms with Crippen molar-refractivity contribution in [1.82, 2.24) is 4.90 Å². The van der Waals surface area contributed by atoms with E-state index in [1.807, 2.05) is 25.1 Å². The zero-order valence-electron chi connectivity index (χ0n) is 8.75. The van der Waals surface area contributed by atoms with Gasteiger partial charge < -0.3 is 4.90 Å². The molecule has 0 saturated carbocycles. The molecule has 1 aromatic carbocycles. The minimum Gasteiger partial charge on any atom is -0.331 e. The lowest BCUT2D eigenvalue weighted by molar-refractivity contribution is 0.0811. The first-order valence-corrected chi connectivity index (χ1v) is 5.59. The van der Waals surface area contributed by atoms with E-state index in [4.69, 9.17) is 6.42 Å². The average molecular weight is 313 g/mol. The highest BCUT2D eigenvalue weighted by Gasteiger charge is 2.13. The van der Waals surface area contributed by atoms with Crippen molar-refractivity contribution < 1.29 is 4.79 Å². The predicted molar refractivity (Wildman–Crippen MR) is 69.7 cm³/mol. The van der Waals surface area contributed by atoms with Crippen LogP contribution in [0, 0.1) is 22.8 Å². The lowest BCUT2D eigenvalue weighted by Crippen LogP contribution is -2.27. The fourth-order valence-electron chi connectivity index (χ4n) is 1.21. The summed E-state index contributed by atoms with van der Waals surface area (Å²) in [6, 6.07) is 5.75. The van der Waals surface area contributed by atoms with Crippen molar-refractivity contribution in [2.45, 2.75) is 6.92 Å². The summed E-state index contributed by atoms with van der Waals surface area (Å²) >= 11 is 2.16. The maximum atomic E-state index is 11.9. The summed E-state index contributed by atoms with van der Waals surface area (Å²) in [7, 11) is 1.71. The molecule has 0 heterocycles. The first kappa shape index (κ1) is 12.1. The molecule has 3 heteroatoms. The van der Waals surface area contributed by atoms with Gasteiger partial charge in [-0.1, -0.05) is 17.6 Å². The number of terminal acetylenes is 1. The Labute approximate surface area is 104 Å². The number of amides is 1. The molecule has 0 bridgehead atoms. The van der Waals surface area contributed by atoms with Crippen LogP contribution in [0.3, 0.4) is 0 Å². The molecule has 1 aromatic rings. The minimum absolute atomic E-state index is 0.0302. The number of benzene rings is 1. The van der Waals surface area contributed by atoms with Crippen LogP contribution in [0.4, 0.5) is 0 Å². The van der Waals surface area contributed by atoms with E-state index in [0.29, 0.717) is 12.1 Å². The van der Waals surface area contributed by atoms with Crippen LogP contribution in [0.2, 0.25) is 0 Å². The first-order valence-electron chi connectivity index (χ1n) is 4.51. The lowest BCUT2D eigenvalue weighted by atomic mass is 10.1. The van der Waals surface area contributed by atoms with Crippen LogP contribution in [-0.2, 0) is 0 Å². The zero-order valence-corrected chi connectivity index (χ0v) is 10.9. The van der Waals surface area contributed by atoms with E-state index in [0.717, 1.165) is 9.13 Å². The van der Waals surface area contributed by atoms with E-state index < -0.39 is 0 Å². The minimum atomic E-state index is -0.0302. The SMILES string of the molecule is C#CCN(C)C(=O)c1ccc(C)cc1I. The molecular formula is C12H12INO. The van der Waals surface area contributed by atoms with E-state index in [2.05, 4.69) is 28.5 Å². The van der Waals surface area contributed by atoms with Gasteiger partial charge in [-0.2, -0.15) is 0 Å². The normalized spacial score (nSPS) is 9.47. The average Bonchev–Trinajstić information content (AvgIpc) is 2.17. The van der Waals surface area contributed by atoms with Crippen molar-refractivity contribution in [3.8, 4) is 12.3 Å². The van der Waals surface area contributed by atoms with Crippen molar-refractivity contribution >= 4 is 28.5 Å². The highest BCUT2D eigenvalue weighted by Crippen LogP contribution is 2.15. The van der Waals surface area contributed by atoms with Gasteiger partial charge in [0, 0.05) is 10.6 Å². The van der Waals surface area contributed by atoms with Crippen LogP contribution in [0.1, 0.15) is 15.9 Å². The lowest BCUT2D eigenvalue weighted by Gasteiger charge is -2.15. The van der Waals surface area contributed by atoms with Gasteiger partial charge in [-0.25, -0.2) is 0 Å². The topological polar surface area (TPSA) is 20.3 Å². The predicted octanol–water partition coefficient (Wildman–Crippen LogP) is 2.30. The third-order valence-electron chi connectivity index (χ3n) is 2.03. The van der Waals surface area contributed by atoms with E-state index in [9.17, 15) is 4.79 Å². The number of aryl methyl sites for hydroxylation is 1. The molecule has 0 radical (unpaired) electrons. The molecule has 2 nitrogen and oxygen atoms in total. The number of nitrogens with zero attached hydrogens (tertiary/aromatic N) is 1. The summed E-state index contributed by atoms with van der Waals surface area (Å²) in [6.07, 6.45) is 5.16. The largest absolute Gasteiger partial charge is 0.331 e. The quantitative estimate of drug-likeness (QED) is 0.606. The second-order valence-corrected chi connectivity index (χ2v) is 4.51. The molecule has 0 aliphatic rings. The summed E-state index contributed by atoms with van der Waals surface area (Å²) < 4.78 is 0.960. The third-order valence-corrected chi connectivity index (χ3v) is 2.92. The molecule has 1 rings (SSSR count). The van der Waals surface area contributed by atoms with Crippen molar-refractivity contribution in [2.24, 2.45) is 0 Å². The second kappa shape index (κ2) is 5.17. The van der Waals surface area contributed by atoms with Crippen molar-refractivity contribution in [3.63, 3.8) is 0 Å². The van der Waals surface area contributed by atoms with Crippen LogP contribution in [0.25, 0.3) is 0 Å². The Kier molecular flexibility index (Phi) is 4.15. The molecule has 0 fully saturated rings. The highest BCUT2D eigenvalue weighted by molar-refractivity contribution is 14.1. The van der Waals surface area contributed by atoms with Gasteiger partial charge in [0.1, 0.15) is 0 Å². The Morgan fingerprint density at radius 2 is 2.27 bits per heavy atom. The van der Waals surface area contributed by atoms with E-state index in [-0.39, 0.29) is 5.91 Å². The Morgan fingerprint density at radius 3 is 2.80 bits per heavy atom. The molecule has 0 aromatic heterocycles. The summed E-state index contributed by atoms with van der Waals surface area (Å²) in [5.74, 6) is 2.42. The zero-order chi connectivity index (χ0) is 11.4. The van der Waals surface area contributed by atoms with E-state index in [1.165, 1.54) is 4.90 Å². The van der Waals surface area contributed by atoms with Crippen molar-refractivity contribution in [3.05, 3.63) is 32.9 Å². The Morgan fingerprint density at radius 1 is 1.60 bits per heavy atom. The first-order chi connectivity index (χ1) is 7.06. The van der Waals surface area contributed by atoms with Gasteiger partial charge >= 0.3 is 0 Å². The van der Waals surface area contributed by atoms with Gasteiger partial charge in [-0.3, -0.25) is 4.79 Å². The molecule has 0 unspecified atom stereocenters. The fourth-order valence-corrected chi connectivity index (χ4v) is 2.11. The van der Waals surface area contributed by atoms with Crippen molar-refractivity contribution in [2.75, 3.05) is 13.6 Å². The van der Waals surface area contributed by atoms with Crippen LogP contribution >= 0.6 is 22.6 Å². The fraction of sp³-hybridized carbons (Fsp3) is 0.250. The number of rotatable bonds is 2. The molecule has 0 saturated heterocycles. The van der Waals surface area contributed by atoms with Gasteiger partial charge in [0.15, 0.2) is 0 Å². The Hall–Kier alpha value is -1.02. The molecule has 1 amide bonds. The Balaban J connectivity index is 2.97. The molecule has 0 atom stereocenters. The molecule has 78 valence electrons. The van der Waals surface area contributed by atoms with Crippen molar-refractivity contribution in [1.29, 1.82) is 0 Å². The van der Waals surface area contributed by atoms with Gasteiger partial charge in [-0.15, -0.1) is 6.42 Å². The molecule has 0 spiro atoms. The molecule has 15 heavy (non-hydrogen) atoms. The number of hydrogen-bond donors (Lipinski definition) is 0. The van der Waals surface area contributed by atoms with Crippen LogP contribution in [0.15, 0.2) is 18.2 Å². The maximum absolute atomic E-state index is 11.9. The number of carbonyl (C=O) groups excluding carboxylic acids is 1. The molecule has 0 N–H and O–H groups in total. The summed E-state index contributed by atoms with van der Waals surface area (Å²) in [5.41, 5.74) is 1.86. The van der Waals surface area contributed by atoms with Crippen LogP contribution < -0.4 is 0 Å². The molecular weight excluding hydrogens is 301 g/mol. The highest BCUT2D eigenvalue weighted by atomic mass is 127. The van der Waals surface area contributed by atoms with E-state index in [1.54, 1.807) is 7.05 Å². The second-order valence-electron chi connectivity index (χ2n) is 3.35. The molecule has 0 aliphatic heterocycles. The van der Waals surface area contributed by atoms with Gasteiger partial charge in [-0.05, 0) is 41.6 Å². The number of hydrogen-bond acceptors (Lipinski definition) is 1. The van der Waals surface area contributed by atoms with Gasteiger partial charge in [0.25, 0.3) is 5.91 Å². The summed E-state index contributed by atoms with van der Waals surface area (Å²) in [5, 5.41) is 0. The smallest absolute Gasteiger partial charge is 0.255 e. The van der Waals surface area contributed by atoms with E-state index >= 15 is 0 Å². The van der Waals surface area contributed by atoms with Gasteiger partial charge in [0.05, 0.1) is 12.1 Å². The van der Waals surface area contributed by atoms with Crippen LogP contribution in [-0.4, -0.2) is 24.4 Å². The third kappa shape index (κ3) is 2.96. The standard InChI is InChI=1S/C12H12INO/c1-4-7-14(3)12(15)10-6-5-9(2)8-11(10)13/h1,5-6,8H,7H2,2-3H3. The van der Waals surface area contributed by atoms with Gasteiger partial charge in [0.2, 0.25) is 0 Å². The maximum Gasteiger partial charge on any atom is 0.255 e. The number of halogens is 1. The summed E-state index contributed by atoms with van der Waals surface area (Å²) in [4.78, 5) is 13.4.